The summed E-state index contributed by atoms with van der Waals surface area (Å²) in [5.74, 6) is -0.378. The van der Waals surface area contributed by atoms with Crippen molar-refractivity contribution in [1.29, 1.82) is 0 Å². The number of urea groups is 1. The molecule has 0 atom stereocenters. The summed E-state index contributed by atoms with van der Waals surface area (Å²) in [4.78, 5) is 11.6. The highest BCUT2D eigenvalue weighted by molar-refractivity contribution is 9.10. The third-order valence-electron chi connectivity index (χ3n) is 3.04. The van der Waals surface area contributed by atoms with Crippen LogP contribution < -0.4 is 10.6 Å². The molecule has 0 aromatic heterocycles. The summed E-state index contributed by atoms with van der Waals surface area (Å²) >= 11 is 3.16. The molecule has 0 spiro atoms. The van der Waals surface area contributed by atoms with Gasteiger partial charge >= 0.3 is 6.03 Å². The molecule has 0 unspecified atom stereocenters. The Balaban J connectivity index is 1.87. The number of nitrogens with one attached hydrogen (secondary N) is 2. The van der Waals surface area contributed by atoms with Crippen molar-refractivity contribution in [3.05, 3.63) is 28.5 Å². The van der Waals surface area contributed by atoms with Crippen LogP contribution in [0.25, 0.3) is 0 Å². The molecule has 2 rings (SSSR count). The van der Waals surface area contributed by atoms with Gasteiger partial charge in [0.15, 0.2) is 0 Å². The molecule has 1 aliphatic rings. The Hall–Kier alpha value is -1.14. The van der Waals surface area contributed by atoms with Gasteiger partial charge in [-0.25, -0.2) is 9.18 Å². The van der Waals surface area contributed by atoms with Crippen molar-refractivity contribution in [3.8, 4) is 0 Å². The molecule has 0 saturated heterocycles. The number of rotatable bonds is 3. The molecule has 1 saturated carbocycles. The van der Waals surface area contributed by atoms with E-state index in [1.165, 1.54) is 18.2 Å². The van der Waals surface area contributed by atoms with Gasteiger partial charge in [0.05, 0.1) is 11.3 Å². The fraction of sp³-hybridized carbons (Fsp3) is 0.417. The Bertz CT molecular complexity index is 463. The summed E-state index contributed by atoms with van der Waals surface area (Å²) in [7, 11) is 0. The van der Waals surface area contributed by atoms with Gasteiger partial charge in [-0.1, -0.05) is 0 Å². The Morgan fingerprint density at radius 1 is 1.50 bits per heavy atom. The van der Waals surface area contributed by atoms with Gasteiger partial charge in [-0.05, 0) is 53.4 Å². The van der Waals surface area contributed by atoms with Crippen molar-refractivity contribution in [2.45, 2.75) is 24.9 Å². The maximum Gasteiger partial charge on any atom is 0.319 e. The third kappa shape index (κ3) is 3.20. The normalized spacial score (nSPS) is 16.8. The number of carbonyl (C=O) groups excluding carboxylic acids is 1. The zero-order valence-electron chi connectivity index (χ0n) is 9.67. The molecule has 4 nitrogen and oxygen atoms in total. The van der Waals surface area contributed by atoms with Crippen LogP contribution in [-0.2, 0) is 0 Å². The van der Waals surface area contributed by atoms with Crippen LogP contribution >= 0.6 is 15.9 Å². The first kappa shape index (κ1) is 13.3. The highest BCUT2D eigenvalue weighted by Gasteiger charge is 2.34. The Kier molecular flexibility index (Phi) is 3.87. The highest BCUT2D eigenvalue weighted by Crippen LogP contribution is 2.30. The lowest BCUT2D eigenvalue weighted by atomic mass is 9.80. The van der Waals surface area contributed by atoms with E-state index in [1.54, 1.807) is 0 Å². The maximum atomic E-state index is 12.9. The smallest absolute Gasteiger partial charge is 0.319 e. The van der Waals surface area contributed by atoms with Crippen LogP contribution in [0.2, 0.25) is 0 Å². The van der Waals surface area contributed by atoms with E-state index >= 15 is 0 Å². The van der Waals surface area contributed by atoms with Crippen LogP contribution in [0.1, 0.15) is 19.3 Å². The SMILES string of the molecule is O=C(NCC1(O)CCC1)Nc1ccc(F)cc1Br. The summed E-state index contributed by atoms with van der Waals surface area (Å²) in [6.45, 7) is 0.234. The molecule has 1 fully saturated rings. The standard InChI is InChI=1S/C12H14BrFN2O2/c13-9-6-8(14)2-3-10(9)16-11(17)15-7-12(18)4-1-5-12/h2-3,6,18H,1,4-5,7H2,(H2,15,16,17). The second kappa shape index (κ2) is 5.24. The predicted octanol–water partition coefficient (Wildman–Crippen LogP) is 2.62. The first-order valence-electron chi connectivity index (χ1n) is 5.71. The van der Waals surface area contributed by atoms with E-state index in [1.807, 2.05) is 0 Å². The van der Waals surface area contributed by atoms with Crippen LogP contribution in [-0.4, -0.2) is 23.3 Å². The van der Waals surface area contributed by atoms with Crippen LogP contribution in [0.3, 0.4) is 0 Å². The fourth-order valence-corrected chi connectivity index (χ4v) is 2.21. The minimum atomic E-state index is -0.753. The Morgan fingerprint density at radius 3 is 2.78 bits per heavy atom. The quantitative estimate of drug-likeness (QED) is 0.802. The summed E-state index contributed by atoms with van der Waals surface area (Å²) in [5, 5.41) is 15.0. The largest absolute Gasteiger partial charge is 0.388 e. The number of benzene rings is 1. The summed E-state index contributed by atoms with van der Waals surface area (Å²) in [5.41, 5.74) is -0.272. The molecule has 18 heavy (non-hydrogen) atoms. The minimum Gasteiger partial charge on any atom is -0.388 e. The minimum absolute atomic E-state index is 0.234. The number of aliphatic hydroxyl groups is 1. The van der Waals surface area contributed by atoms with Crippen molar-refractivity contribution in [2.24, 2.45) is 0 Å². The molecule has 0 bridgehead atoms. The lowest BCUT2D eigenvalue weighted by molar-refractivity contribution is -0.0287. The summed E-state index contributed by atoms with van der Waals surface area (Å²) in [6, 6.07) is 3.59. The zero-order valence-corrected chi connectivity index (χ0v) is 11.3. The number of hydrogen-bond donors (Lipinski definition) is 3. The topological polar surface area (TPSA) is 61.4 Å². The van der Waals surface area contributed by atoms with Gasteiger partial charge in [0.2, 0.25) is 0 Å². The molecule has 0 heterocycles. The van der Waals surface area contributed by atoms with Gasteiger partial charge in [-0.3, -0.25) is 0 Å². The van der Waals surface area contributed by atoms with Gasteiger partial charge in [0.25, 0.3) is 0 Å². The number of hydrogen-bond acceptors (Lipinski definition) is 2. The van der Waals surface area contributed by atoms with Crippen LogP contribution in [0.15, 0.2) is 22.7 Å². The molecule has 1 aromatic carbocycles. The molecular formula is C12H14BrFN2O2. The zero-order chi connectivity index (χ0) is 13.2. The lowest BCUT2D eigenvalue weighted by Crippen LogP contribution is -2.48. The van der Waals surface area contributed by atoms with E-state index in [2.05, 4.69) is 26.6 Å². The molecule has 0 aliphatic heterocycles. The van der Waals surface area contributed by atoms with Crippen LogP contribution in [0.4, 0.5) is 14.9 Å². The van der Waals surface area contributed by atoms with E-state index in [-0.39, 0.29) is 12.4 Å². The Labute approximate surface area is 113 Å². The molecule has 0 radical (unpaired) electrons. The number of anilines is 1. The fourth-order valence-electron chi connectivity index (χ4n) is 1.76. The van der Waals surface area contributed by atoms with E-state index in [0.717, 1.165) is 6.42 Å². The second-order valence-electron chi connectivity index (χ2n) is 4.51. The summed E-state index contributed by atoms with van der Waals surface area (Å²) in [6.07, 6.45) is 2.42. The molecule has 6 heteroatoms. The van der Waals surface area contributed by atoms with E-state index in [9.17, 15) is 14.3 Å². The van der Waals surface area contributed by atoms with Gasteiger partial charge in [0.1, 0.15) is 5.82 Å². The monoisotopic (exact) mass is 316 g/mol. The number of amides is 2. The lowest BCUT2D eigenvalue weighted by Gasteiger charge is -2.36. The van der Waals surface area contributed by atoms with Crippen molar-refractivity contribution in [1.82, 2.24) is 5.32 Å². The van der Waals surface area contributed by atoms with Crippen molar-refractivity contribution in [3.63, 3.8) is 0 Å². The summed E-state index contributed by atoms with van der Waals surface area (Å²) < 4.78 is 13.3. The van der Waals surface area contributed by atoms with Crippen molar-refractivity contribution in [2.75, 3.05) is 11.9 Å². The second-order valence-corrected chi connectivity index (χ2v) is 5.36. The first-order chi connectivity index (χ1) is 8.48. The molecular weight excluding hydrogens is 303 g/mol. The molecule has 1 aliphatic carbocycles. The van der Waals surface area contributed by atoms with Crippen LogP contribution in [0, 0.1) is 5.82 Å². The van der Waals surface area contributed by atoms with Gasteiger partial charge in [-0.2, -0.15) is 0 Å². The van der Waals surface area contributed by atoms with Crippen molar-refractivity contribution >= 4 is 27.6 Å². The first-order valence-corrected chi connectivity index (χ1v) is 6.50. The molecule has 2 amide bonds. The number of carbonyl (C=O) groups is 1. The average Bonchev–Trinajstić information content (AvgIpc) is 2.28. The molecule has 3 N–H and O–H groups in total. The Morgan fingerprint density at radius 2 is 2.22 bits per heavy atom. The van der Waals surface area contributed by atoms with Gasteiger partial charge in [0, 0.05) is 11.0 Å². The van der Waals surface area contributed by atoms with E-state index in [4.69, 9.17) is 0 Å². The van der Waals surface area contributed by atoms with Gasteiger partial charge < -0.3 is 15.7 Å². The van der Waals surface area contributed by atoms with E-state index < -0.39 is 11.6 Å². The number of halogens is 2. The van der Waals surface area contributed by atoms with Crippen LogP contribution in [0.5, 0.6) is 0 Å². The molecule has 1 aromatic rings. The average molecular weight is 317 g/mol. The highest BCUT2D eigenvalue weighted by atomic mass is 79.9. The third-order valence-corrected chi connectivity index (χ3v) is 3.70. The predicted molar refractivity (Wildman–Crippen MR) is 69.9 cm³/mol. The van der Waals surface area contributed by atoms with E-state index in [0.29, 0.717) is 23.0 Å². The van der Waals surface area contributed by atoms with Gasteiger partial charge in [-0.15, -0.1) is 0 Å². The van der Waals surface area contributed by atoms with Crippen molar-refractivity contribution < 1.29 is 14.3 Å². The molecule has 98 valence electrons. The maximum absolute atomic E-state index is 12.9.